The van der Waals surface area contributed by atoms with E-state index < -0.39 is 36.1 Å². The molecule has 2 atom stereocenters. The van der Waals surface area contributed by atoms with Gasteiger partial charge in [-0.2, -0.15) is 0 Å². The van der Waals surface area contributed by atoms with Crippen molar-refractivity contribution in [3.63, 3.8) is 0 Å². The van der Waals surface area contributed by atoms with E-state index in [1.165, 1.54) is 0 Å². The predicted octanol–water partition coefficient (Wildman–Crippen LogP) is 3.15. The number of nitrogens with one attached hydrogen (secondary N) is 3. The van der Waals surface area contributed by atoms with Gasteiger partial charge in [-0.15, -0.1) is 0 Å². The molecule has 0 spiro atoms. The van der Waals surface area contributed by atoms with Crippen LogP contribution < -0.4 is 21.7 Å². The summed E-state index contributed by atoms with van der Waals surface area (Å²) in [5.41, 5.74) is 10.1. The summed E-state index contributed by atoms with van der Waals surface area (Å²) in [4.78, 5) is 48.8. The minimum Gasteiger partial charge on any atom is -0.480 e. The Kier molecular flexibility index (Phi) is 9.35. The summed E-state index contributed by atoms with van der Waals surface area (Å²) in [5.74, 6) is -2.04. The van der Waals surface area contributed by atoms with E-state index in [1.807, 2.05) is 78.9 Å². The topological polar surface area (TPSA) is 160 Å². The maximum atomic E-state index is 13.2. The van der Waals surface area contributed by atoms with Crippen LogP contribution in [0.25, 0.3) is 11.1 Å². The Morgan fingerprint density at radius 3 is 2.02 bits per heavy atom. The Bertz CT molecular complexity index is 1320. The number of rotatable bonds is 12. The predicted molar refractivity (Wildman–Crippen MR) is 149 cm³/mol. The van der Waals surface area contributed by atoms with Crippen molar-refractivity contribution in [1.82, 2.24) is 16.0 Å². The molecule has 0 radical (unpaired) electrons. The van der Waals surface area contributed by atoms with Crippen LogP contribution in [0, 0.1) is 0 Å². The van der Waals surface area contributed by atoms with Crippen LogP contribution in [0.1, 0.15) is 35.4 Å². The van der Waals surface area contributed by atoms with Gasteiger partial charge in [0.15, 0.2) is 0 Å². The number of carboxylic acids is 1. The Balaban J connectivity index is 1.42. The fraction of sp³-hybridized carbons (Fsp3) is 0.267. The lowest BCUT2D eigenvalue weighted by atomic mass is 9.98. The number of benzene rings is 3. The molecule has 208 valence electrons. The summed E-state index contributed by atoms with van der Waals surface area (Å²) in [6.45, 7) is 0.241. The number of amides is 4. The van der Waals surface area contributed by atoms with Crippen LogP contribution in [0.3, 0.4) is 0 Å². The summed E-state index contributed by atoms with van der Waals surface area (Å²) in [5, 5.41) is 17.1. The lowest BCUT2D eigenvalue weighted by Crippen LogP contribution is -2.52. The minimum absolute atomic E-state index is 0.0599. The van der Waals surface area contributed by atoms with Crippen LogP contribution in [-0.2, 0) is 20.7 Å². The quantitative estimate of drug-likeness (QED) is 0.220. The number of fused-ring (bicyclic) bond motifs is 3. The fourth-order valence-electron chi connectivity index (χ4n) is 4.89. The van der Waals surface area contributed by atoms with E-state index >= 15 is 0 Å². The van der Waals surface area contributed by atoms with Gasteiger partial charge >= 0.3 is 18.1 Å². The molecule has 0 heterocycles. The molecule has 4 amide bonds. The van der Waals surface area contributed by atoms with Crippen LogP contribution in [0.5, 0.6) is 0 Å². The largest absolute Gasteiger partial charge is 0.480 e. The number of carboxylic acid groups (broad SMARTS) is 1. The highest BCUT2D eigenvalue weighted by molar-refractivity contribution is 5.89. The number of urea groups is 1. The summed E-state index contributed by atoms with van der Waals surface area (Å²) in [6, 6.07) is 22.0. The third-order valence-electron chi connectivity index (χ3n) is 6.82. The van der Waals surface area contributed by atoms with E-state index in [4.69, 9.17) is 10.5 Å². The van der Waals surface area contributed by atoms with Crippen molar-refractivity contribution in [2.45, 2.75) is 37.3 Å². The lowest BCUT2D eigenvalue weighted by molar-refractivity contribution is -0.142. The van der Waals surface area contributed by atoms with Gasteiger partial charge in [0.05, 0.1) is 0 Å². The van der Waals surface area contributed by atoms with Crippen molar-refractivity contribution >= 4 is 24.0 Å². The van der Waals surface area contributed by atoms with Crippen LogP contribution in [0.15, 0.2) is 78.9 Å². The number of alkyl carbamates (subject to hydrolysis) is 1. The molecule has 0 aliphatic heterocycles. The van der Waals surface area contributed by atoms with E-state index in [1.54, 1.807) is 0 Å². The Morgan fingerprint density at radius 1 is 0.825 bits per heavy atom. The zero-order valence-corrected chi connectivity index (χ0v) is 21.8. The van der Waals surface area contributed by atoms with Crippen LogP contribution in [0.2, 0.25) is 0 Å². The fourth-order valence-corrected chi connectivity index (χ4v) is 4.89. The summed E-state index contributed by atoms with van der Waals surface area (Å²) in [7, 11) is 0. The van der Waals surface area contributed by atoms with Crippen molar-refractivity contribution in [2.75, 3.05) is 13.2 Å². The number of carbonyl (C=O) groups is 4. The van der Waals surface area contributed by atoms with Gasteiger partial charge < -0.3 is 31.5 Å². The molecule has 0 saturated carbocycles. The van der Waals surface area contributed by atoms with E-state index in [-0.39, 0.29) is 38.3 Å². The molecule has 0 fully saturated rings. The minimum atomic E-state index is -1.23. The highest BCUT2D eigenvalue weighted by Crippen LogP contribution is 2.44. The number of aliphatic carboxylic acids is 1. The molecular formula is C30H32N4O6. The molecule has 2 unspecified atom stereocenters. The first-order valence-electron chi connectivity index (χ1n) is 13.1. The summed E-state index contributed by atoms with van der Waals surface area (Å²) in [6.07, 6.45) is -0.310. The smallest absolute Gasteiger partial charge is 0.407 e. The molecule has 6 N–H and O–H groups in total. The molecule has 0 saturated heterocycles. The SMILES string of the molecule is NC(=O)NCCCC(NC(=O)C(Cc1ccccc1)NC(=O)OCC1c2ccccc2-c2ccccc21)C(=O)O. The molecular weight excluding hydrogens is 512 g/mol. The van der Waals surface area contributed by atoms with Gasteiger partial charge in [0.1, 0.15) is 18.7 Å². The molecule has 0 aromatic heterocycles. The van der Waals surface area contributed by atoms with Gasteiger partial charge in [0, 0.05) is 18.9 Å². The average molecular weight is 545 g/mol. The van der Waals surface area contributed by atoms with Crippen molar-refractivity contribution in [2.24, 2.45) is 5.73 Å². The zero-order valence-electron chi connectivity index (χ0n) is 21.8. The second-order valence-electron chi connectivity index (χ2n) is 9.54. The Labute approximate surface area is 231 Å². The number of carbonyl (C=O) groups excluding carboxylic acids is 3. The molecule has 0 bridgehead atoms. The molecule has 40 heavy (non-hydrogen) atoms. The molecule has 10 heteroatoms. The summed E-state index contributed by atoms with van der Waals surface area (Å²) < 4.78 is 5.61. The third kappa shape index (κ3) is 7.16. The highest BCUT2D eigenvalue weighted by Gasteiger charge is 2.31. The Hall–Kier alpha value is -4.86. The first-order chi connectivity index (χ1) is 19.3. The molecule has 1 aliphatic carbocycles. The summed E-state index contributed by atoms with van der Waals surface area (Å²) >= 11 is 0. The number of hydrogen-bond acceptors (Lipinski definition) is 5. The maximum Gasteiger partial charge on any atom is 0.407 e. The molecule has 3 aromatic rings. The molecule has 10 nitrogen and oxygen atoms in total. The first kappa shape index (κ1) is 28.2. The van der Waals surface area contributed by atoms with E-state index in [9.17, 15) is 24.3 Å². The maximum absolute atomic E-state index is 13.2. The molecule has 3 aromatic carbocycles. The average Bonchev–Trinajstić information content (AvgIpc) is 3.27. The van der Waals surface area contributed by atoms with Crippen molar-refractivity contribution in [3.05, 3.63) is 95.6 Å². The van der Waals surface area contributed by atoms with Gasteiger partial charge in [0.2, 0.25) is 5.91 Å². The van der Waals surface area contributed by atoms with Crippen molar-refractivity contribution in [3.8, 4) is 11.1 Å². The normalized spacial score (nSPS) is 13.3. The van der Waals surface area contributed by atoms with E-state index in [2.05, 4.69) is 16.0 Å². The van der Waals surface area contributed by atoms with Gasteiger partial charge in [0.25, 0.3) is 0 Å². The number of nitrogens with two attached hydrogens (primary N) is 1. The second-order valence-corrected chi connectivity index (χ2v) is 9.54. The third-order valence-corrected chi connectivity index (χ3v) is 6.82. The van der Waals surface area contributed by atoms with E-state index in [0.29, 0.717) is 0 Å². The molecule has 4 rings (SSSR count). The van der Waals surface area contributed by atoms with Crippen LogP contribution >= 0.6 is 0 Å². The Morgan fingerprint density at radius 2 is 1.43 bits per heavy atom. The number of ether oxygens (including phenoxy) is 1. The van der Waals surface area contributed by atoms with Crippen LogP contribution in [-0.4, -0.2) is 54.3 Å². The van der Waals surface area contributed by atoms with Crippen LogP contribution in [0.4, 0.5) is 9.59 Å². The second kappa shape index (κ2) is 13.3. The molecule has 1 aliphatic rings. The van der Waals surface area contributed by atoms with E-state index in [0.717, 1.165) is 27.8 Å². The van der Waals surface area contributed by atoms with Gasteiger partial charge in [-0.05, 0) is 40.7 Å². The number of hydrogen-bond donors (Lipinski definition) is 5. The van der Waals surface area contributed by atoms with Gasteiger partial charge in [-0.1, -0.05) is 78.9 Å². The van der Waals surface area contributed by atoms with Crippen molar-refractivity contribution in [1.29, 1.82) is 0 Å². The standard InChI is InChI=1S/C30H32N4O6/c31-29(38)32-16-8-15-25(28(36)37)33-27(35)26(17-19-9-2-1-3-10-19)34-30(39)40-18-24-22-13-6-4-11-20(22)21-12-5-7-14-23(21)24/h1-7,9-14,24-26H,8,15-18H2,(H,33,35)(H,34,39)(H,36,37)(H3,31,32,38). The highest BCUT2D eigenvalue weighted by atomic mass is 16.5. The van der Waals surface area contributed by atoms with Gasteiger partial charge in [-0.25, -0.2) is 14.4 Å². The monoisotopic (exact) mass is 544 g/mol. The number of primary amides is 1. The van der Waals surface area contributed by atoms with Crippen molar-refractivity contribution < 1.29 is 29.0 Å². The first-order valence-corrected chi connectivity index (χ1v) is 13.1. The van der Waals surface area contributed by atoms with Gasteiger partial charge in [-0.3, -0.25) is 4.79 Å². The lowest BCUT2D eigenvalue weighted by Gasteiger charge is -2.22. The zero-order chi connectivity index (χ0) is 28.5.